The molecule has 0 atom stereocenters. The van der Waals surface area contributed by atoms with E-state index in [0.717, 1.165) is 57.3 Å². The maximum Gasteiger partial charge on any atom is 0.229 e. The van der Waals surface area contributed by atoms with Gasteiger partial charge in [0, 0.05) is 31.2 Å². The van der Waals surface area contributed by atoms with Gasteiger partial charge in [-0.1, -0.05) is 12.8 Å². The number of rotatable bonds is 5. The topological polar surface area (TPSA) is 78.4 Å². The van der Waals surface area contributed by atoms with Gasteiger partial charge >= 0.3 is 0 Å². The number of aromatic nitrogens is 3. The van der Waals surface area contributed by atoms with Crippen molar-refractivity contribution in [3.8, 4) is 17.0 Å². The maximum absolute atomic E-state index is 15.1. The molecule has 1 aliphatic carbocycles. The van der Waals surface area contributed by atoms with Gasteiger partial charge in [0.15, 0.2) is 17.4 Å². The minimum atomic E-state index is -0.618. The zero-order chi connectivity index (χ0) is 25.2. The molecule has 1 aromatic carbocycles. The summed E-state index contributed by atoms with van der Waals surface area (Å²) in [6.45, 7) is 5.00. The van der Waals surface area contributed by atoms with Gasteiger partial charge in [-0.05, 0) is 50.1 Å². The average molecular weight is 508 g/mol. The predicted octanol–water partition coefficient (Wildman–Crippen LogP) is 4.50. The first-order chi connectivity index (χ1) is 18.2. The van der Waals surface area contributed by atoms with Crippen molar-refractivity contribution in [1.29, 1.82) is 0 Å². The number of halogens is 2. The van der Waals surface area contributed by atoms with Crippen molar-refractivity contribution in [2.45, 2.75) is 38.1 Å². The number of nitrogens with zero attached hydrogens (tertiary/aromatic N) is 5. The molecule has 2 aromatic heterocycles. The zero-order valence-electron chi connectivity index (χ0n) is 20.7. The SMILES string of the molecule is Fc1cnc(Nc2ccc(N3CCCNCC3)cn2)nc1-c1cc(F)c2c(c1)N(C1CCCC1)CCO2. The van der Waals surface area contributed by atoms with Crippen molar-refractivity contribution in [3.63, 3.8) is 0 Å². The molecule has 1 saturated carbocycles. The monoisotopic (exact) mass is 507 g/mol. The lowest BCUT2D eigenvalue weighted by Crippen LogP contribution is -2.40. The third kappa shape index (κ3) is 5.02. The van der Waals surface area contributed by atoms with Crippen LogP contribution in [0.25, 0.3) is 11.3 Å². The third-order valence-electron chi connectivity index (χ3n) is 7.39. The number of ether oxygens (including phenoxy) is 1. The number of hydrogen-bond donors (Lipinski definition) is 2. The molecule has 0 spiro atoms. The fourth-order valence-electron chi connectivity index (χ4n) is 5.53. The standard InChI is InChI=1S/C27H31F2N7O/c28-21-14-18(15-23-26(21)37-13-12-36(23)19-4-1-2-5-19)25-22(29)17-32-27(34-25)33-24-7-6-20(16-31-24)35-10-3-8-30-9-11-35/h6-7,14-17,19,30H,1-5,8-13H2,(H,31,32,33,34). The van der Waals surface area contributed by atoms with Crippen LogP contribution in [0.1, 0.15) is 32.1 Å². The number of pyridine rings is 1. The fourth-order valence-corrected chi connectivity index (χ4v) is 5.53. The molecule has 2 fully saturated rings. The highest BCUT2D eigenvalue weighted by molar-refractivity contribution is 5.73. The zero-order valence-corrected chi connectivity index (χ0v) is 20.7. The second kappa shape index (κ2) is 10.5. The van der Waals surface area contributed by atoms with Gasteiger partial charge < -0.3 is 25.2 Å². The number of fused-ring (bicyclic) bond motifs is 1. The summed E-state index contributed by atoms with van der Waals surface area (Å²) in [5.74, 6) is -0.153. The largest absolute Gasteiger partial charge is 0.486 e. The van der Waals surface area contributed by atoms with Crippen LogP contribution in [0.15, 0.2) is 36.7 Å². The summed E-state index contributed by atoms with van der Waals surface area (Å²) in [5.41, 5.74) is 2.10. The first-order valence-corrected chi connectivity index (χ1v) is 13.1. The highest BCUT2D eigenvalue weighted by Crippen LogP contribution is 2.41. The average Bonchev–Trinajstić information content (AvgIpc) is 3.32. The van der Waals surface area contributed by atoms with E-state index in [0.29, 0.717) is 36.3 Å². The van der Waals surface area contributed by atoms with Crippen LogP contribution < -0.4 is 25.2 Å². The van der Waals surface area contributed by atoms with E-state index in [-0.39, 0.29) is 17.4 Å². The Morgan fingerprint density at radius 2 is 1.84 bits per heavy atom. The van der Waals surface area contributed by atoms with Gasteiger partial charge in [0.2, 0.25) is 5.95 Å². The molecule has 3 aromatic rings. The molecular weight excluding hydrogens is 476 g/mol. The van der Waals surface area contributed by atoms with Crippen LogP contribution in [-0.4, -0.2) is 60.3 Å². The van der Waals surface area contributed by atoms with E-state index in [9.17, 15) is 4.39 Å². The molecule has 10 heteroatoms. The summed E-state index contributed by atoms with van der Waals surface area (Å²) in [7, 11) is 0. The van der Waals surface area contributed by atoms with Crippen LogP contribution in [-0.2, 0) is 0 Å². The van der Waals surface area contributed by atoms with Crippen molar-refractivity contribution in [2.75, 3.05) is 54.4 Å². The number of nitrogens with one attached hydrogen (secondary N) is 2. The van der Waals surface area contributed by atoms with Gasteiger partial charge in [-0.25, -0.2) is 23.7 Å². The first kappa shape index (κ1) is 23.8. The summed E-state index contributed by atoms with van der Waals surface area (Å²) >= 11 is 0. The molecule has 8 nitrogen and oxygen atoms in total. The second-order valence-electron chi connectivity index (χ2n) is 9.79. The van der Waals surface area contributed by atoms with Gasteiger partial charge in [-0.15, -0.1) is 0 Å². The van der Waals surface area contributed by atoms with Crippen LogP contribution in [0.4, 0.5) is 31.9 Å². The first-order valence-electron chi connectivity index (χ1n) is 13.1. The van der Waals surface area contributed by atoms with Gasteiger partial charge in [-0.3, -0.25) is 0 Å². The van der Waals surface area contributed by atoms with E-state index in [1.54, 1.807) is 6.07 Å². The normalized spacial score (nSPS) is 18.3. The van der Waals surface area contributed by atoms with E-state index in [4.69, 9.17) is 4.74 Å². The highest BCUT2D eigenvalue weighted by Gasteiger charge is 2.30. The van der Waals surface area contributed by atoms with E-state index >= 15 is 4.39 Å². The second-order valence-corrected chi connectivity index (χ2v) is 9.79. The highest BCUT2D eigenvalue weighted by atomic mass is 19.1. The van der Waals surface area contributed by atoms with Crippen molar-refractivity contribution in [3.05, 3.63) is 48.3 Å². The van der Waals surface area contributed by atoms with Crippen molar-refractivity contribution < 1.29 is 13.5 Å². The van der Waals surface area contributed by atoms with E-state index in [1.807, 2.05) is 18.3 Å². The summed E-state index contributed by atoms with van der Waals surface area (Å²) in [4.78, 5) is 17.5. The molecule has 0 bridgehead atoms. The van der Waals surface area contributed by atoms with Crippen molar-refractivity contribution >= 4 is 23.1 Å². The Morgan fingerprint density at radius 1 is 0.946 bits per heavy atom. The molecule has 4 heterocycles. The quantitative estimate of drug-likeness (QED) is 0.523. The van der Waals surface area contributed by atoms with Crippen LogP contribution in [0.3, 0.4) is 0 Å². The lowest BCUT2D eigenvalue weighted by molar-refractivity contribution is 0.285. The fraction of sp³-hybridized carbons (Fsp3) is 0.444. The van der Waals surface area contributed by atoms with Crippen LogP contribution in [0, 0.1) is 11.6 Å². The van der Waals surface area contributed by atoms with Gasteiger partial charge in [0.25, 0.3) is 0 Å². The Balaban J connectivity index is 1.25. The van der Waals surface area contributed by atoms with E-state index in [2.05, 4.69) is 35.4 Å². The predicted molar refractivity (Wildman–Crippen MR) is 140 cm³/mol. The van der Waals surface area contributed by atoms with Crippen LogP contribution in [0.5, 0.6) is 5.75 Å². The number of anilines is 4. The molecule has 37 heavy (non-hydrogen) atoms. The molecule has 0 radical (unpaired) electrons. The number of benzene rings is 1. The van der Waals surface area contributed by atoms with E-state index < -0.39 is 11.6 Å². The van der Waals surface area contributed by atoms with Gasteiger partial charge in [-0.2, -0.15) is 0 Å². The molecule has 194 valence electrons. The lowest BCUT2D eigenvalue weighted by Gasteiger charge is -2.36. The molecule has 0 amide bonds. The molecule has 2 aliphatic heterocycles. The summed E-state index contributed by atoms with van der Waals surface area (Å²) < 4.78 is 35.7. The molecule has 6 rings (SSSR count). The molecular formula is C27H31F2N7O. The Kier molecular flexibility index (Phi) is 6.73. The third-order valence-corrected chi connectivity index (χ3v) is 7.39. The molecule has 3 aliphatic rings. The summed E-state index contributed by atoms with van der Waals surface area (Å²) in [6, 6.07) is 7.28. The minimum Gasteiger partial charge on any atom is -0.486 e. The van der Waals surface area contributed by atoms with Crippen molar-refractivity contribution in [1.82, 2.24) is 20.3 Å². The van der Waals surface area contributed by atoms with E-state index in [1.165, 1.54) is 18.9 Å². The molecule has 1 saturated heterocycles. The van der Waals surface area contributed by atoms with Crippen LogP contribution in [0.2, 0.25) is 0 Å². The molecule has 2 N–H and O–H groups in total. The lowest BCUT2D eigenvalue weighted by atomic mass is 10.1. The molecule has 0 unspecified atom stereocenters. The van der Waals surface area contributed by atoms with Crippen LogP contribution >= 0.6 is 0 Å². The minimum absolute atomic E-state index is 0.0323. The Morgan fingerprint density at radius 3 is 2.68 bits per heavy atom. The Labute approximate surface area is 215 Å². The van der Waals surface area contributed by atoms with Gasteiger partial charge in [0.05, 0.1) is 30.3 Å². The number of hydrogen-bond acceptors (Lipinski definition) is 8. The Hall–Kier alpha value is -3.53. The summed E-state index contributed by atoms with van der Waals surface area (Å²) in [6.07, 6.45) is 8.47. The Bertz CT molecular complexity index is 1240. The maximum atomic E-state index is 15.1. The summed E-state index contributed by atoms with van der Waals surface area (Å²) in [5, 5.41) is 6.45. The smallest absolute Gasteiger partial charge is 0.229 e. The van der Waals surface area contributed by atoms with Crippen molar-refractivity contribution in [2.24, 2.45) is 0 Å². The van der Waals surface area contributed by atoms with Gasteiger partial charge in [0.1, 0.15) is 18.1 Å².